The molecule has 136 valence electrons. The Balaban J connectivity index is 1.31. The van der Waals surface area contributed by atoms with Gasteiger partial charge in [0.2, 0.25) is 5.91 Å². The Morgan fingerprint density at radius 1 is 1.11 bits per heavy atom. The van der Waals surface area contributed by atoms with Gasteiger partial charge in [0.25, 0.3) is 0 Å². The molecule has 0 spiro atoms. The smallest absolute Gasteiger partial charge is 0.240 e. The third kappa shape index (κ3) is 2.45. The van der Waals surface area contributed by atoms with Crippen molar-refractivity contribution in [3.05, 3.63) is 48.7 Å². The lowest BCUT2D eigenvalue weighted by atomic mass is 9.84. The van der Waals surface area contributed by atoms with Crippen LogP contribution < -0.4 is 10.2 Å². The molecule has 1 N–H and O–H groups in total. The molecule has 0 saturated heterocycles. The van der Waals surface area contributed by atoms with E-state index in [1.165, 1.54) is 0 Å². The molecule has 1 amide bonds. The highest BCUT2D eigenvalue weighted by atomic mass is 16.2. The highest BCUT2D eigenvalue weighted by Gasteiger charge is 2.51. The molecule has 1 fully saturated rings. The summed E-state index contributed by atoms with van der Waals surface area (Å²) in [6.07, 6.45) is 8.58. The van der Waals surface area contributed by atoms with Gasteiger partial charge in [0, 0.05) is 36.1 Å². The average molecular weight is 360 g/mol. The highest BCUT2D eigenvalue weighted by molar-refractivity contribution is 6.06. The molecule has 5 rings (SSSR count). The van der Waals surface area contributed by atoms with E-state index in [0.29, 0.717) is 5.82 Å². The molecule has 0 bridgehead atoms. The number of hydrogen-bond acceptors (Lipinski definition) is 6. The molecule has 7 heteroatoms. The molecule has 0 unspecified atom stereocenters. The number of pyridine rings is 2. The zero-order chi connectivity index (χ0) is 18.6. The summed E-state index contributed by atoms with van der Waals surface area (Å²) in [7, 11) is 0. The van der Waals surface area contributed by atoms with Crippen LogP contribution in [0.2, 0.25) is 0 Å². The summed E-state index contributed by atoms with van der Waals surface area (Å²) < 4.78 is 0. The van der Waals surface area contributed by atoms with E-state index in [1.807, 2.05) is 36.9 Å². The highest BCUT2D eigenvalue weighted by Crippen LogP contribution is 2.43. The van der Waals surface area contributed by atoms with Gasteiger partial charge in [-0.1, -0.05) is 0 Å². The number of anilines is 2. The second kappa shape index (κ2) is 5.70. The molecule has 4 heterocycles. The number of hydrogen-bond donors (Lipinski definition) is 1. The molecule has 3 aromatic rings. The van der Waals surface area contributed by atoms with Crippen LogP contribution in [0.15, 0.2) is 43.0 Å². The van der Waals surface area contributed by atoms with E-state index in [4.69, 9.17) is 0 Å². The fourth-order valence-electron chi connectivity index (χ4n) is 3.96. The van der Waals surface area contributed by atoms with Gasteiger partial charge in [-0.2, -0.15) is 0 Å². The Labute approximate surface area is 156 Å². The molecular formula is C20H20N6O. The molecule has 2 aliphatic rings. The van der Waals surface area contributed by atoms with Gasteiger partial charge in [0.1, 0.15) is 5.82 Å². The quantitative estimate of drug-likeness (QED) is 0.773. The summed E-state index contributed by atoms with van der Waals surface area (Å²) in [6, 6.07) is 6.41. The third-order valence-corrected chi connectivity index (χ3v) is 5.58. The van der Waals surface area contributed by atoms with Crippen molar-refractivity contribution in [1.82, 2.24) is 19.9 Å². The van der Waals surface area contributed by atoms with E-state index in [-0.39, 0.29) is 18.0 Å². The van der Waals surface area contributed by atoms with Gasteiger partial charge in [-0.25, -0.2) is 9.97 Å². The molecule has 1 saturated carbocycles. The molecule has 0 radical (unpaired) electrons. The summed E-state index contributed by atoms with van der Waals surface area (Å²) >= 11 is 0. The summed E-state index contributed by atoms with van der Waals surface area (Å²) in [5.74, 6) is 1.64. The molecule has 27 heavy (non-hydrogen) atoms. The van der Waals surface area contributed by atoms with Gasteiger partial charge in [-0.15, -0.1) is 0 Å². The molecule has 0 aromatic carbocycles. The zero-order valence-electron chi connectivity index (χ0n) is 15.3. The van der Waals surface area contributed by atoms with E-state index in [9.17, 15) is 4.79 Å². The maximum absolute atomic E-state index is 12.9. The van der Waals surface area contributed by atoms with Crippen LogP contribution in [0, 0.1) is 0 Å². The number of aromatic nitrogens is 4. The zero-order valence-corrected chi connectivity index (χ0v) is 15.3. The maximum atomic E-state index is 12.9. The fraction of sp³-hybridized carbons (Fsp3) is 0.350. The van der Waals surface area contributed by atoms with Crippen molar-refractivity contribution in [1.29, 1.82) is 0 Å². The molecule has 1 aliphatic heterocycles. The molecular weight excluding hydrogens is 340 g/mol. The summed E-state index contributed by atoms with van der Waals surface area (Å²) in [6.45, 7) is 3.84. The van der Waals surface area contributed by atoms with Crippen molar-refractivity contribution in [3.8, 4) is 0 Å². The van der Waals surface area contributed by atoms with Gasteiger partial charge in [-0.3, -0.25) is 19.7 Å². The van der Waals surface area contributed by atoms with Gasteiger partial charge >= 0.3 is 0 Å². The normalized spacial score (nSPS) is 23.2. The number of carbonyl (C=O) groups is 1. The Hall–Kier alpha value is -3.09. The number of carbonyl (C=O) groups excluding carboxylic acids is 1. The van der Waals surface area contributed by atoms with Crippen LogP contribution in [0.1, 0.15) is 32.4 Å². The van der Waals surface area contributed by atoms with E-state index in [2.05, 4.69) is 25.3 Å². The van der Waals surface area contributed by atoms with E-state index < -0.39 is 5.41 Å². The third-order valence-electron chi connectivity index (χ3n) is 5.58. The second-order valence-electron chi connectivity index (χ2n) is 7.76. The number of nitrogens with zero attached hydrogens (tertiary/aromatic N) is 5. The molecule has 7 nitrogen and oxygen atoms in total. The van der Waals surface area contributed by atoms with Crippen LogP contribution >= 0.6 is 0 Å². The predicted octanol–water partition coefficient (Wildman–Crippen LogP) is 2.69. The number of amides is 1. The Kier molecular flexibility index (Phi) is 3.40. The first kappa shape index (κ1) is 16.1. The summed E-state index contributed by atoms with van der Waals surface area (Å²) in [5, 5.41) is 4.54. The standard InChI is InChI=1S/C20H20N6O/c1-20(2)17-18(23-8-7-22-17)26(19(20)27)14-9-13(10-14)24-16-4-3-12-5-6-21-11-15(12)25-16/h3-8,11,13-14H,9-10H2,1-2H3,(H,24,25). The van der Waals surface area contributed by atoms with Crippen molar-refractivity contribution in [2.24, 2.45) is 0 Å². The first-order chi connectivity index (χ1) is 13.0. The largest absolute Gasteiger partial charge is 0.367 e. The minimum atomic E-state index is -0.616. The Bertz CT molecular complexity index is 1040. The van der Waals surface area contributed by atoms with Crippen molar-refractivity contribution in [2.75, 3.05) is 10.2 Å². The van der Waals surface area contributed by atoms with Crippen molar-refractivity contribution in [2.45, 2.75) is 44.2 Å². The van der Waals surface area contributed by atoms with Gasteiger partial charge < -0.3 is 5.32 Å². The van der Waals surface area contributed by atoms with Gasteiger partial charge in [0.15, 0.2) is 5.82 Å². The average Bonchev–Trinajstić information content (AvgIpc) is 2.85. The van der Waals surface area contributed by atoms with E-state index >= 15 is 0 Å². The van der Waals surface area contributed by atoms with Crippen LogP contribution in [0.4, 0.5) is 11.6 Å². The molecule has 0 atom stereocenters. The first-order valence-electron chi connectivity index (χ1n) is 9.16. The van der Waals surface area contributed by atoms with Crippen LogP contribution in [-0.2, 0) is 10.2 Å². The van der Waals surface area contributed by atoms with Crippen molar-refractivity contribution >= 4 is 28.4 Å². The SMILES string of the molecule is CC1(C)C(=O)N(C2CC(Nc3ccc4ccncc4n3)C2)c2nccnc21. The lowest BCUT2D eigenvalue weighted by Crippen LogP contribution is -2.53. The number of rotatable bonds is 3. The van der Waals surface area contributed by atoms with Gasteiger partial charge in [-0.05, 0) is 44.9 Å². The van der Waals surface area contributed by atoms with Crippen LogP contribution in [0.25, 0.3) is 10.9 Å². The lowest BCUT2D eigenvalue weighted by Gasteiger charge is -2.41. The van der Waals surface area contributed by atoms with E-state index in [1.54, 1.807) is 24.8 Å². The van der Waals surface area contributed by atoms with Crippen LogP contribution in [-0.4, -0.2) is 37.9 Å². The first-order valence-corrected chi connectivity index (χ1v) is 9.16. The number of nitrogens with one attached hydrogen (secondary N) is 1. The van der Waals surface area contributed by atoms with Gasteiger partial charge in [0.05, 0.1) is 22.8 Å². The Morgan fingerprint density at radius 3 is 2.78 bits per heavy atom. The second-order valence-corrected chi connectivity index (χ2v) is 7.76. The van der Waals surface area contributed by atoms with Crippen molar-refractivity contribution in [3.63, 3.8) is 0 Å². The predicted molar refractivity (Wildman–Crippen MR) is 103 cm³/mol. The summed E-state index contributed by atoms with van der Waals surface area (Å²) in [5.41, 5.74) is 1.03. The topological polar surface area (TPSA) is 83.9 Å². The molecule has 3 aromatic heterocycles. The summed E-state index contributed by atoms with van der Waals surface area (Å²) in [4.78, 5) is 32.4. The van der Waals surface area contributed by atoms with Crippen molar-refractivity contribution < 1.29 is 4.79 Å². The van der Waals surface area contributed by atoms with Crippen LogP contribution in [0.3, 0.4) is 0 Å². The minimum absolute atomic E-state index is 0.0852. The van der Waals surface area contributed by atoms with Crippen LogP contribution in [0.5, 0.6) is 0 Å². The fourth-order valence-corrected chi connectivity index (χ4v) is 3.96. The molecule has 1 aliphatic carbocycles. The lowest BCUT2D eigenvalue weighted by molar-refractivity contribution is -0.123. The minimum Gasteiger partial charge on any atom is -0.367 e. The maximum Gasteiger partial charge on any atom is 0.240 e. The Morgan fingerprint density at radius 2 is 1.93 bits per heavy atom. The van der Waals surface area contributed by atoms with E-state index in [0.717, 1.165) is 35.3 Å². The monoisotopic (exact) mass is 360 g/mol. The number of fused-ring (bicyclic) bond motifs is 2.